The fraction of sp³-hybridized carbons (Fsp3) is 0.333. The lowest BCUT2D eigenvalue weighted by Gasteiger charge is -2.26. The minimum atomic E-state index is -0.658. The van der Waals surface area contributed by atoms with Crippen LogP contribution in [0.15, 0.2) is 36.7 Å². The number of pyridine rings is 1. The summed E-state index contributed by atoms with van der Waals surface area (Å²) in [7, 11) is 1.36. The fourth-order valence-corrected chi connectivity index (χ4v) is 4.18. The van der Waals surface area contributed by atoms with Crippen LogP contribution in [0.25, 0.3) is 11.3 Å². The first-order valence-corrected chi connectivity index (χ1v) is 11.0. The van der Waals surface area contributed by atoms with Crippen LogP contribution in [0, 0.1) is 5.82 Å². The Balaban J connectivity index is 1.63. The van der Waals surface area contributed by atoms with Gasteiger partial charge in [-0.3, -0.25) is 14.2 Å². The number of carbonyl (C=O) groups excluding carboxylic acids is 1. The number of fused-ring (bicyclic) bond motifs is 1. The lowest BCUT2D eigenvalue weighted by Crippen LogP contribution is -2.35. The highest BCUT2D eigenvalue weighted by atomic mass is 19.1. The summed E-state index contributed by atoms with van der Waals surface area (Å²) in [5.41, 5.74) is 2.53. The number of carbonyl (C=O) groups is 1. The third kappa shape index (κ3) is 3.94. The van der Waals surface area contributed by atoms with Gasteiger partial charge in [0.2, 0.25) is 0 Å². The number of nitrogens with one attached hydrogen (secondary N) is 3. The van der Waals surface area contributed by atoms with Gasteiger partial charge in [-0.25, -0.2) is 4.39 Å². The molecule has 1 amide bonds. The SMILES string of the molecule is COc1c(F)cccc1Nc1c(-c2ccncc2OC[C@@H]2CCO2)[nH]c2c1C(=O)NC[C@H]2CF. The van der Waals surface area contributed by atoms with Crippen molar-refractivity contribution in [1.82, 2.24) is 15.3 Å². The molecule has 0 unspecified atom stereocenters. The lowest BCUT2D eigenvalue weighted by atomic mass is 9.97. The number of amides is 1. The lowest BCUT2D eigenvalue weighted by molar-refractivity contribution is -0.0720. The summed E-state index contributed by atoms with van der Waals surface area (Å²) in [6.45, 7) is 0.576. The molecule has 178 valence electrons. The summed E-state index contributed by atoms with van der Waals surface area (Å²) < 4.78 is 44.9. The van der Waals surface area contributed by atoms with Crippen molar-refractivity contribution in [2.45, 2.75) is 18.4 Å². The van der Waals surface area contributed by atoms with Crippen molar-refractivity contribution < 1.29 is 27.8 Å². The molecule has 2 aromatic heterocycles. The Hall–Kier alpha value is -3.66. The maximum Gasteiger partial charge on any atom is 0.255 e. The summed E-state index contributed by atoms with van der Waals surface area (Å²) in [4.78, 5) is 20.3. The van der Waals surface area contributed by atoms with Gasteiger partial charge in [-0.2, -0.15) is 0 Å². The first kappa shape index (κ1) is 22.1. The highest BCUT2D eigenvalue weighted by Crippen LogP contribution is 2.43. The Morgan fingerprint density at radius 2 is 2.18 bits per heavy atom. The minimum Gasteiger partial charge on any atom is -0.492 e. The molecule has 4 heterocycles. The van der Waals surface area contributed by atoms with Crippen molar-refractivity contribution >= 4 is 17.3 Å². The number of H-pyrrole nitrogens is 1. The Morgan fingerprint density at radius 1 is 1.32 bits per heavy atom. The first-order valence-electron chi connectivity index (χ1n) is 11.0. The number of aromatic amines is 1. The van der Waals surface area contributed by atoms with Gasteiger partial charge in [0.25, 0.3) is 5.91 Å². The Kier molecular flexibility index (Phi) is 6.06. The molecule has 8 nitrogen and oxygen atoms in total. The van der Waals surface area contributed by atoms with Crippen LogP contribution in [0.3, 0.4) is 0 Å². The molecule has 3 aromatic rings. The van der Waals surface area contributed by atoms with E-state index in [1.54, 1.807) is 24.5 Å². The van der Waals surface area contributed by atoms with Crippen molar-refractivity contribution in [1.29, 1.82) is 0 Å². The summed E-state index contributed by atoms with van der Waals surface area (Å²) in [6, 6.07) is 6.19. The average Bonchev–Trinajstić information content (AvgIpc) is 3.19. The smallest absolute Gasteiger partial charge is 0.255 e. The third-order valence-corrected chi connectivity index (χ3v) is 6.06. The molecular weight excluding hydrogens is 446 g/mol. The second-order valence-electron chi connectivity index (χ2n) is 8.13. The van der Waals surface area contributed by atoms with E-state index < -0.39 is 18.4 Å². The van der Waals surface area contributed by atoms with Crippen LogP contribution in [0.1, 0.15) is 28.4 Å². The zero-order chi connectivity index (χ0) is 23.7. The molecule has 0 aliphatic carbocycles. The van der Waals surface area contributed by atoms with Crippen LogP contribution in [0.4, 0.5) is 20.2 Å². The van der Waals surface area contributed by atoms with E-state index in [1.807, 2.05) is 0 Å². The summed E-state index contributed by atoms with van der Waals surface area (Å²) in [5, 5.41) is 5.88. The van der Waals surface area contributed by atoms with Crippen molar-refractivity contribution in [3.05, 3.63) is 53.7 Å². The van der Waals surface area contributed by atoms with Gasteiger partial charge >= 0.3 is 0 Å². The molecule has 0 radical (unpaired) electrons. The van der Waals surface area contributed by atoms with Gasteiger partial charge in [-0.05, 0) is 18.2 Å². The molecule has 0 spiro atoms. The number of rotatable bonds is 8. The standard InChI is InChI=1S/C24H24F2N4O4/c1-32-23-16(26)3-2-4-17(23)29-22-19-20(13(9-25)10-28-24(19)31)30-21(22)15-5-7-27-11-18(15)34-12-14-6-8-33-14/h2-5,7,11,13-14,29-30H,6,8-10,12H2,1H3,(H,28,31)/t13-,14+/m1/s1. The molecule has 34 heavy (non-hydrogen) atoms. The molecule has 1 aromatic carbocycles. The number of halogens is 2. The molecule has 0 bridgehead atoms. The normalized spacial score (nSPS) is 19.1. The number of para-hydroxylation sites is 1. The van der Waals surface area contributed by atoms with Crippen LogP contribution in [0.2, 0.25) is 0 Å². The molecule has 3 N–H and O–H groups in total. The van der Waals surface area contributed by atoms with Gasteiger partial charge in [0.05, 0.1) is 48.7 Å². The predicted molar refractivity (Wildman–Crippen MR) is 121 cm³/mol. The van der Waals surface area contributed by atoms with Gasteiger partial charge in [0.15, 0.2) is 11.6 Å². The topological polar surface area (TPSA) is 97.5 Å². The van der Waals surface area contributed by atoms with Crippen molar-refractivity contribution in [3.8, 4) is 22.8 Å². The molecule has 2 aliphatic heterocycles. The van der Waals surface area contributed by atoms with E-state index >= 15 is 0 Å². The van der Waals surface area contributed by atoms with E-state index in [-0.39, 0.29) is 29.9 Å². The second kappa shape index (κ2) is 9.30. The van der Waals surface area contributed by atoms with Gasteiger partial charge in [-0.15, -0.1) is 0 Å². The van der Waals surface area contributed by atoms with Crippen LogP contribution >= 0.6 is 0 Å². The van der Waals surface area contributed by atoms with Gasteiger partial charge < -0.3 is 29.8 Å². The fourth-order valence-electron chi connectivity index (χ4n) is 4.18. The van der Waals surface area contributed by atoms with E-state index in [2.05, 4.69) is 20.6 Å². The molecule has 0 saturated carbocycles. The van der Waals surface area contributed by atoms with E-state index in [0.29, 0.717) is 47.3 Å². The number of nitrogens with zero attached hydrogens (tertiary/aromatic N) is 1. The molecule has 2 aliphatic rings. The van der Waals surface area contributed by atoms with Crippen molar-refractivity contribution in [2.24, 2.45) is 0 Å². The monoisotopic (exact) mass is 470 g/mol. The van der Waals surface area contributed by atoms with Crippen LogP contribution in [-0.2, 0) is 4.74 Å². The number of benzene rings is 1. The molecule has 1 saturated heterocycles. The summed E-state index contributed by atoms with van der Waals surface area (Å²) in [5.74, 6) is -0.999. The Bertz CT molecular complexity index is 1210. The largest absolute Gasteiger partial charge is 0.492 e. The van der Waals surface area contributed by atoms with E-state index in [1.165, 1.54) is 19.2 Å². The highest BCUT2D eigenvalue weighted by molar-refractivity contribution is 6.07. The van der Waals surface area contributed by atoms with E-state index in [9.17, 15) is 13.6 Å². The van der Waals surface area contributed by atoms with Crippen LogP contribution < -0.4 is 20.1 Å². The quantitative estimate of drug-likeness (QED) is 0.462. The summed E-state index contributed by atoms with van der Waals surface area (Å²) >= 11 is 0. The highest BCUT2D eigenvalue weighted by Gasteiger charge is 2.34. The molecule has 5 rings (SSSR count). The maximum atomic E-state index is 14.4. The molecule has 2 atom stereocenters. The zero-order valence-electron chi connectivity index (χ0n) is 18.5. The predicted octanol–water partition coefficient (Wildman–Crippen LogP) is 3.93. The van der Waals surface area contributed by atoms with Crippen LogP contribution in [-0.4, -0.2) is 55.5 Å². The number of hydrogen-bond acceptors (Lipinski definition) is 6. The Labute approximate surface area is 194 Å². The third-order valence-electron chi connectivity index (χ3n) is 6.06. The number of alkyl halides is 1. The summed E-state index contributed by atoms with van der Waals surface area (Å²) in [6.07, 6.45) is 4.10. The first-order chi connectivity index (χ1) is 16.6. The molecule has 1 fully saturated rings. The van der Waals surface area contributed by atoms with E-state index in [4.69, 9.17) is 14.2 Å². The van der Waals surface area contributed by atoms with Crippen molar-refractivity contribution in [2.75, 3.05) is 38.9 Å². The zero-order valence-corrected chi connectivity index (χ0v) is 18.5. The number of aromatic nitrogens is 2. The number of ether oxygens (including phenoxy) is 3. The van der Waals surface area contributed by atoms with Gasteiger partial charge in [0.1, 0.15) is 12.4 Å². The number of methoxy groups -OCH3 is 1. The van der Waals surface area contributed by atoms with Gasteiger partial charge in [-0.1, -0.05) is 6.07 Å². The molecular formula is C24H24F2N4O4. The second-order valence-corrected chi connectivity index (χ2v) is 8.13. The Morgan fingerprint density at radius 3 is 2.91 bits per heavy atom. The number of hydrogen-bond donors (Lipinski definition) is 3. The maximum absolute atomic E-state index is 14.4. The molecule has 10 heteroatoms. The van der Waals surface area contributed by atoms with Gasteiger partial charge in [0, 0.05) is 42.9 Å². The number of anilines is 2. The van der Waals surface area contributed by atoms with Crippen molar-refractivity contribution in [3.63, 3.8) is 0 Å². The van der Waals surface area contributed by atoms with E-state index in [0.717, 1.165) is 6.42 Å². The minimum absolute atomic E-state index is 0.00464. The van der Waals surface area contributed by atoms with Crippen LogP contribution in [0.5, 0.6) is 11.5 Å². The average molecular weight is 470 g/mol.